The maximum absolute atomic E-state index is 13.0. The Hall–Kier alpha value is -13.5. The zero-order valence-corrected chi connectivity index (χ0v) is 70.5. The molecule has 0 saturated carbocycles. The Morgan fingerprint density at radius 2 is 0.593 bits per heavy atom. The number of nitrogens with one attached hydrogen (secondary N) is 10. The van der Waals surface area contributed by atoms with E-state index in [1.807, 2.05) is 208 Å². The lowest BCUT2D eigenvalue weighted by Crippen LogP contribution is -2.43. The molecule has 10 aromatic rings. The van der Waals surface area contributed by atoms with E-state index in [9.17, 15) is 37.1 Å². The molecule has 10 aromatic carbocycles. The Morgan fingerprint density at radius 3 is 0.911 bits per heavy atom. The molecule has 0 fully saturated rings. The predicted octanol–water partition coefficient (Wildman–Crippen LogP) is 16.9. The fourth-order valence-electron chi connectivity index (χ4n) is 16.3. The molecule has 20 rings (SSSR count). The van der Waals surface area contributed by atoms with E-state index in [4.69, 9.17) is 80.0 Å². The average molecular weight is 1740 g/mol. The maximum Gasteiger partial charge on any atom is 0.573 e. The highest BCUT2D eigenvalue weighted by molar-refractivity contribution is 7.81. The number of hydrogen-bond acceptors (Lipinski definition) is 15. The van der Waals surface area contributed by atoms with E-state index in [1.54, 1.807) is 44.6 Å². The SMILES string of the molecule is CC(C)Oc1cccc(C2NC(=S)NC3=C2C(=O)c2ccccc23)c1.CCCCOc1cccc(C2NC(=S)NC3=C2C(=O)c2ccccc23)c1.COc1cc(OC)cc(C2NC(=S)NC3=C2C(=O)c2ccccc23)c1.O=C1C2=C(NC(=S)NC2c2cccc(OC(F)(F)F)c2)c2ccccc21.O=C1C2=C(NC(=S)NC2c2ccccc2)c2ccccc21. The van der Waals surface area contributed by atoms with Gasteiger partial charge in [-0.25, -0.2) is 0 Å². The first-order valence-corrected chi connectivity index (χ1v) is 41.4. The molecule has 0 spiro atoms. The highest BCUT2D eigenvalue weighted by Gasteiger charge is 2.45. The van der Waals surface area contributed by atoms with E-state index < -0.39 is 12.4 Å². The monoisotopic (exact) mass is 1730 g/mol. The van der Waals surface area contributed by atoms with Gasteiger partial charge in [-0.15, -0.1) is 13.2 Å². The Morgan fingerprint density at radius 1 is 0.325 bits per heavy atom. The van der Waals surface area contributed by atoms with Crippen molar-refractivity contribution in [2.45, 2.75) is 76.3 Å². The second kappa shape index (κ2) is 35.3. The van der Waals surface area contributed by atoms with Gasteiger partial charge in [-0.2, -0.15) is 0 Å². The summed E-state index contributed by atoms with van der Waals surface area (Å²) in [6, 6.07) is 72.4. The van der Waals surface area contributed by atoms with Gasteiger partial charge in [0, 0.05) is 61.7 Å². The fraction of sp³-hybridized carbons (Fsp3) is 0.158. The van der Waals surface area contributed by atoms with Crippen molar-refractivity contribution in [3.8, 4) is 28.7 Å². The first kappa shape index (κ1) is 83.2. The van der Waals surface area contributed by atoms with Gasteiger partial charge in [0.25, 0.3) is 0 Å². The van der Waals surface area contributed by atoms with Gasteiger partial charge in [-0.1, -0.05) is 201 Å². The predicted molar refractivity (Wildman–Crippen MR) is 485 cm³/mol. The van der Waals surface area contributed by atoms with Crippen molar-refractivity contribution in [2.75, 3.05) is 20.8 Å². The summed E-state index contributed by atoms with van der Waals surface area (Å²) >= 11 is 26.7. The largest absolute Gasteiger partial charge is 0.573 e. The number of carbonyl (C=O) groups is 5. The number of benzene rings is 10. The van der Waals surface area contributed by atoms with E-state index >= 15 is 0 Å². The van der Waals surface area contributed by atoms with Crippen LogP contribution >= 0.6 is 61.1 Å². The molecule has 0 aromatic heterocycles. The summed E-state index contributed by atoms with van der Waals surface area (Å²) in [6.07, 6.45) is -2.60. The van der Waals surface area contributed by atoms with Gasteiger partial charge >= 0.3 is 6.36 Å². The van der Waals surface area contributed by atoms with Crippen molar-refractivity contribution < 1.29 is 60.8 Å². The maximum atomic E-state index is 13.0. The smallest absolute Gasteiger partial charge is 0.497 e. The lowest BCUT2D eigenvalue weighted by Gasteiger charge is -2.28. The van der Waals surface area contributed by atoms with Crippen LogP contribution in [-0.2, 0) is 0 Å². The molecule has 0 saturated heterocycles. The van der Waals surface area contributed by atoms with Crippen molar-refractivity contribution in [1.29, 1.82) is 0 Å². The van der Waals surface area contributed by atoms with Gasteiger partial charge < -0.3 is 76.9 Å². The van der Waals surface area contributed by atoms with Gasteiger partial charge in [0.15, 0.2) is 54.5 Å². The second-order valence-corrected chi connectivity index (χ2v) is 31.7. The number of halogens is 3. The zero-order valence-electron chi connectivity index (χ0n) is 66.4. The Bertz CT molecular complexity index is 6260. The number of hydrogen-bond donors (Lipinski definition) is 10. The minimum atomic E-state index is -4.79. The minimum absolute atomic E-state index is 0.000105. The summed E-state index contributed by atoms with van der Waals surface area (Å²) < 4.78 is 63.8. The third-order valence-corrected chi connectivity index (χ3v) is 22.7. The van der Waals surface area contributed by atoms with Gasteiger partial charge in [-0.3, -0.25) is 24.0 Å². The normalized spacial score (nSPS) is 18.7. The van der Waals surface area contributed by atoms with Crippen molar-refractivity contribution in [1.82, 2.24) is 53.2 Å². The Labute approximate surface area is 732 Å². The van der Waals surface area contributed by atoms with Crippen molar-refractivity contribution >= 4 is 144 Å². The van der Waals surface area contributed by atoms with Crippen LogP contribution in [0.2, 0.25) is 0 Å². The van der Waals surface area contributed by atoms with Crippen LogP contribution in [0.5, 0.6) is 28.7 Å². The molecular weight excluding hydrogens is 1660 g/mol. The van der Waals surface area contributed by atoms with E-state index in [1.165, 1.54) is 18.2 Å². The summed E-state index contributed by atoms with van der Waals surface area (Å²) in [5.74, 6) is 2.51. The molecule has 0 amide bonds. The van der Waals surface area contributed by atoms with E-state index in [2.05, 4.69) is 64.8 Å². The molecule has 618 valence electrons. The molecule has 0 bridgehead atoms. The van der Waals surface area contributed by atoms with E-state index in [-0.39, 0.29) is 64.9 Å². The number of fused-ring (bicyclic) bond motifs is 10. The molecule has 5 unspecified atom stereocenters. The molecule has 10 N–H and O–H groups in total. The topological polar surface area (TPSA) is 252 Å². The number of ether oxygens (including phenoxy) is 5. The van der Waals surface area contributed by atoms with Crippen LogP contribution in [0.25, 0.3) is 28.5 Å². The van der Waals surface area contributed by atoms with Crippen LogP contribution < -0.4 is 76.9 Å². The highest BCUT2D eigenvalue weighted by atomic mass is 32.1. The number of alkyl halides is 3. The van der Waals surface area contributed by atoms with Crippen molar-refractivity contribution in [2.24, 2.45) is 0 Å². The second-order valence-electron chi connectivity index (χ2n) is 29.7. The molecule has 0 radical (unpaired) electrons. The van der Waals surface area contributed by atoms with Crippen molar-refractivity contribution in [3.05, 3.63) is 354 Å². The number of thiocarbonyl (C=S) groups is 5. The summed E-state index contributed by atoms with van der Waals surface area (Å²) in [7, 11) is 3.20. The lowest BCUT2D eigenvalue weighted by molar-refractivity contribution is -0.274. The molecule has 123 heavy (non-hydrogen) atoms. The van der Waals surface area contributed by atoms with Crippen LogP contribution in [0.4, 0.5) is 13.2 Å². The third kappa shape index (κ3) is 16.9. The first-order chi connectivity index (χ1) is 59.4. The number of Topliss-reactive ketones (excluding diaryl/α,β-unsaturated/α-hetero) is 5. The molecule has 5 aliphatic carbocycles. The van der Waals surface area contributed by atoms with Crippen LogP contribution in [0.1, 0.15) is 171 Å². The molecular formula is C95H77F3N10O10S5. The molecule has 5 heterocycles. The summed E-state index contributed by atoms with van der Waals surface area (Å²) in [5, 5.41) is 33.8. The van der Waals surface area contributed by atoms with Crippen LogP contribution in [0.15, 0.2) is 271 Å². The standard InChI is InChI=1S/C21H20N2O2S.C20H18N2O2S.C19H16N2O3S.C18H11F3N2O2S.C17H12N2OS/c1-2-3-11-25-14-8-6-7-13(12-14)18-17-19(23-21(26)22-18)15-9-4-5-10-16(15)20(17)24;1-11(2)24-13-7-5-6-12(10-13)17-16-18(22-20(25)21-17)14-8-3-4-9-15(14)19(16)23;1-23-11-7-10(8-12(9-11)24-2)16-15-17(21-19(25)20-16)13-5-3-4-6-14(13)18(15)22;19-18(20,21)25-10-5-3-4-9(8-10)14-13-15(23-17(26)22-14)11-6-1-2-7-12(11)16(13)24;20-16-12-9-5-4-8-11(12)15-13(16)14(18-17(21)19-15)10-6-2-1-3-7-10/h4-10,12,18H,2-3,11H2,1H3,(H2,22,23,26);3-11,17H,1-2H3,(H2,21,22,25);3-9,16H,1-2H3,(H2,20,21,25);1-8,14H,(H2,22,23,26);1-9,14H,(H2,18,19,21). The van der Waals surface area contributed by atoms with E-state index in [0.29, 0.717) is 93.9 Å². The number of ketones is 5. The lowest BCUT2D eigenvalue weighted by atomic mass is 9.94. The molecule has 28 heteroatoms. The molecule has 10 aliphatic rings. The first-order valence-electron chi connectivity index (χ1n) is 39.4. The number of methoxy groups -OCH3 is 2. The van der Waals surface area contributed by atoms with Crippen LogP contribution in [-0.4, -0.2) is 87.8 Å². The van der Waals surface area contributed by atoms with Gasteiger partial charge in [0.05, 0.1) is 113 Å². The van der Waals surface area contributed by atoms with Crippen LogP contribution in [0, 0.1) is 0 Å². The molecule has 20 nitrogen and oxygen atoms in total. The molecule has 5 atom stereocenters. The quantitative estimate of drug-likeness (QED) is 0.0359. The number of unbranched alkanes of at least 4 members (excludes halogenated alkanes) is 1. The van der Waals surface area contributed by atoms with Gasteiger partial charge in [-0.05, 0) is 158 Å². The summed E-state index contributed by atoms with van der Waals surface area (Å²) in [4.78, 5) is 64.5. The highest BCUT2D eigenvalue weighted by Crippen LogP contribution is 2.47. The summed E-state index contributed by atoms with van der Waals surface area (Å²) in [6.45, 7) is 6.80. The van der Waals surface area contributed by atoms with E-state index in [0.717, 1.165) is 114 Å². The fourth-order valence-corrected chi connectivity index (χ4v) is 17.4. The minimum Gasteiger partial charge on any atom is -0.497 e. The number of rotatable bonds is 14. The number of carbonyl (C=O) groups excluding carboxylic acids is 5. The Kier molecular flexibility index (Phi) is 23.9. The third-order valence-electron chi connectivity index (χ3n) is 21.6. The average Bonchev–Trinajstić information content (AvgIpc) is 1.62. The Balaban J connectivity index is 0.000000114. The van der Waals surface area contributed by atoms with Gasteiger partial charge in [0.2, 0.25) is 0 Å². The van der Waals surface area contributed by atoms with Gasteiger partial charge in [0.1, 0.15) is 28.7 Å². The van der Waals surface area contributed by atoms with Crippen molar-refractivity contribution in [3.63, 3.8) is 0 Å². The zero-order chi connectivity index (χ0) is 86.1. The van der Waals surface area contributed by atoms with Crippen LogP contribution in [0.3, 0.4) is 0 Å². The summed E-state index contributed by atoms with van der Waals surface area (Å²) in [5.41, 5.74) is 19.1. The molecule has 5 aliphatic heterocycles.